The molecule has 196 valence electrons. The number of hydrogen-bond donors (Lipinski definition) is 2. The summed E-state index contributed by atoms with van der Waals surface area (Å²) in [4.78, 5) is 1.49. The number of hydrogen-bond acceptors (Lipinski definition) is 6. The molecule has 1 aliphatic carbocycles. The van der Waals surface area contributed by atoms with Gasteiger partial charge in [-0.1, -0.05) is 12.1 Å². The molecule has 1 heterocycles. The zero-order valence-corrected chi connectivity index (χ0v) is 20.0. The van der Waals surface area contributed by atoms with Gasteiger partial charge in [-0.05, 0) is 67.8 Å². The van der Waals surface area contributed by atoms with Crippen molar-refractivity contribution in [1.29, 1.82) is 0 Å². The minimum absolute atomic E-state index is 0.277. The largest absolute Gasteiger partial charge is 0.573 e. The monoisotopic (exact) mass is 538 g/mol. The maximum Gasteiger partial charge on any atom is 0.573 e. The molecule has 1 unspecified atom stereocenters. The van der Waals surface area contributed by atoms with Gasteiger partial charge in [0.25, 0.3) is 0 Å². The molecule has 1 aliphatic heterocycles. The van der Waals surface area contributed by atoms with E-state index in [1.54, 1.807) is 29.2 Å². The molecule has 0 aromatic heterocycles. The van der Waals surface area contributed by atoms with E-state index >= 15 is 0 Å². The van der Waals surface area contributed by atoms with Crippen molar-refractivity contribution in [3.63, 3.8) is 0 Å². The average Bonchev–Trinajstić information content (AvgIpc) is 2.83. The molecule has 0 amide bonds. The van der Waals surface area contributed by atoms with E-state index in [0.717, 1.165) is 24.3 Å². The average molecular weight is 539 g/mol. The van der Waals surface area contributed by atoms with Crippen molar-refractivity contribution in [3.8, 4) is 17.2 Å². The van der Waals surface area contributed by atoms with Crippen LogP contribution in [0.4, 0.5) is 28.9 Å². The van der Waals surface area contributed by atoms with Crippen LogP contribution in [0.15, 0.2) is 71.6 Å². The van der Waals surface area contributed by atoms with Gasteiger partial charge in [-0.3, -0.25) is 0 Å². The fourth-order valence-electron chi connectivity index (χ4n) is 4.77. The summed E-state index contributed by atoms with van der Waals surface area (Å²) >= 11 is 0. The van der Waals surface area contributed by atoms with Crippen molar-refractivity contribution in [1.82, 2.24) is 4.72 Å². The van der Waals surface area contributed by atoms with Crippen LogP contribution >= 0.6 is 0 Å². The summed E-state index contributed by atoms with van der Waals surface area (Å²) in [6.45, 7) is 0. The molecular formula is C25H22F4N2O5S. The van der Waals surface area contributed by atoms with Crippen LogP contribution in [0.3, 0.4) is 0 Å². The zero-order valence-electron chi connectivity index (χ0n) is 19.2. The minimum atomic E-state index is -4.90. The Morgan fingerprint density at radius 1 is 0.973 bits per heavy atom. The molecule has 3 atom stereocenters. The fraction of sp³-hybridized carbons (Fsp3) is 0.280. The number of anilines is 2. The molecule has 0 radical (unpaired) electrons. The molecule has 1 saturated carbocycles. The zero-order chi connectivity index (χ0) is 26.4. The Balaban J connectivity index is 1.41. The van der Waals surface area contributed by atoms with Gasteiger partial charge >= 0.3 is 6.36 Å². The van der Waals surface area contributed by atoms with E-state index in [4.69, 9.17) is 4.74 Å². The van der Waals surface area contributed by atoms with Crippen molar-refractivity contribution >= 4 is 21.4 Å². The minimum Gasteiger partial charge on any atom is -0.453 e. The summed E-state index contributed by atoms with van der Waals surface area (Å²) in [5.41, 5.74) is 1.01. The second-order valence-electron chi connectivity index (χ2n) is 8.79. The highest BCUT2D eigenvalue weighted by Crippen LogP contribution is 2.49. The summed E-state index contributed by atoms with van der Waals surface area (Å²) in [6, 6.07) is 13.4. The number of nitrogens with one attached hydrogen (secondary N) is 1. The number of rotatable bonds is 5. The third-order valence-electron chi connectivity index (χ3n) is 6.35. The highest BCUT2D eigenvalue weighted by Gasteiger charge is 2.41. The van der Waals surface area contributed by atoms with Crippen molar-refractivity contribution in [2.24, 2.45) is 0 Å². The normalized spacial score (nSPS) is 21.5. The predicted octanol–water partition coefficient (Wildman–Crippen LogP) is 5.23. The Hall–Kier alpha value is -3.35. The number of aliphatic hydroxyl groups excluding tert-OH is 1. The van der Waals surface area contributed by atoms with E-state index < -0.39 is 46.1 Å². The number of para-hydroxylation sites is 2. The van der Waals surface area contributed by atoms with Crippen LogP contribution in [0.25, 0.3) is 0 Å². The second kappa shape index (κ2) is 9.51. The Bertz CT molecular complexity index is 1400. The highest BCUT2D eigenvalue weighted by atomic mass is 32.2. The Morgan fingerprint density at radius 3 is 2.41 bits per heavy atom. The van der Waals surface area contributed by atoms with E-state index in [0.29, 0.717) is 42.1 Å². The molecule has 7 nitrogen and oxygen atoms in total. The fourth-order valence-corrected chi connectivity index (χ4v) is 6.05. The number of sulfonamides is 1. The molecule has 0 saturated heterocycles. The number of halogens is 4. The first-order valence-electron chi connectivity index (χ1n) is 11.4. The summed E-state index contributed by atoms with van der Waals surface area (Å²) in [5.74, 6) is -0.137. The molecule has 5 rings (SSSR count). The Kier molecular flexibility index (Phi) is 6.50. The summed E-state index contributed by atoms with van der Waals surface area (Å²) in [6.07, 6.45) is -4.73. The van der Waals surface area contributed by atoms with Crippen molar-refractivity contribution < 1.29 is 40.6 Å². The number of benzene rings is 3. The van der Waals surface area contributed by atoms with E-state index in [1.807, 2.05) is 0 Å². The van der Waals surface area contributed by atoms with Crippen LogP contribution in [-0.2, 0) is 10.0 Å². The first-order valence-corrected chi connectivity index (χ1v) is 12.9. The van der Waals surface area contributed by atoms with E-state index in [-0.39, 0.29) is 4.90 Å². The van der Waals surface area contributed by atoms with Gasteiger partial charge in [0.15, 0.2) is 11.5 Å². The predicted molar refractivity (Wildman–Crippen MR) is 126 cm³/mol. The number of fused-ring (bicyclic) bond motifs is 2. The number of ether oxygens (including phenoxy) is 2. The molecular weight excluding hydrogens is 516 g/mol. The lowest BCUT2D eigenvalue weighted by Gasteiger charge is -2.44. The van der Waals surface area contributed by atoms with Gasteiger partial charge in [0.2, 0.25) is 10.0 Å². The van der Waals surface area contributed by atoms with Gasteiger partial charge in [-0.15, -0.1) is 13.2 Å². The van der Waals surface area contributed by atoms with Crippen molar-refractivity contribution in [3.05, 3.63) is 72.5 Å². The lowest BCUT2D eigenvalue weighted by Crippen LogP contribution is -2.56. The van der Waals surface area contributed by atoms with Gasteiger partial charge in [0.1, 0.15) is 11.6 Å². The van der Waals surface area contributed by atoms with Gasteiger partial charge in [-0.25, -0.2) is 17.5 Å². The Morgan fingerprint density at radius 2 is 1.68 bits per heavy atom. The number of alkyl halides is 3. The van der Waals surface area contributed by atoms with Crippen LogP contribution in [0.1, 0.15) is 19.3 Å². The smallest absolute Gasteiger partial charge is 0.453 e. The summed E-state index contributed by atoms with van der Waals surface area (Å²) in [7, 11) is -4.19. The van der Waals surface area contributed by atoms with Crippen LogP contribution in [0.2, 0.25) is 0 Å². The maximum atomic E-state index is 14.2. The van der Waals surface area contributed by atoms with Crippen LogP contribution in [0, 0.1) is 5.82 Å². The van der Waals surface area contributed by atoms with E-state index in [1.165, 1.54) is 18.2 Å². The molecule has 3 aromatic carbocycles. The summed E-state index contributed by atoms with van der Waals surface area (Å²) in [5, 5.41) is 11.3. The second-order valence-corrected chi connectivity index (χ2v) is 10.5. The van der Waals surface area contributed by atoms with Gasteiger partial charge in [0, 0.05) is 6.07 Å². The molecule has 3 aromatic rings. The standard InChI is InChI=1S/C25H22F4N2O5S/c26-15-8-13-23-21(14-15)31(19-5-1-2-7-22(19)35-23)20-6-3-4-18(24(20)32)30-37(33,34)17-11-9-16(10-12-17)36-25(27,28)29/h1-2,5,7-14,18,20,24,30,32H,3-4,6H2/t18-,20?,24+/m1/s1. The lowest BCUT2D eigenvalue weighted by molar-refractivity contribution is -0.274. The molecule has 37 heavy (non-hydrogen) atoms. The summed E-state index contributed by atoms with van der Waals surface area (Å²) < 4.78 is 89.6. The van der Waals surface area contributed by atoms with E-state index in [2.05, 4.69) is 9.46 Å². The van der Waals surface area contributed by atoms with Crippen LogP contribution in [-0.4, -0.2) is 38.1 Å². The topological polar surface area (TPSA) is 88.1 Å². The van der Waals surface area contributed by atoms with E-state index in [9.17, 15) is 31.1 Å². The van der Waals surface area contributed by atoms with Crippen molar-refractivity contribution in [2.45, 2.75) is 48.7 Å². The first kappa shape index (κ1) is 25.3. The quantitative estimate of drug-likeness (QED) is 0.433. The lowest BCUT2D eigenvalue weighted by atomic mass is 9.86. The first-order chi connectivity index (χ1) is 17.5. The van der Waals surface area contributed by atoms with Crippen molar-refractivity contribution in [2.75, 3.05) is 4.90 Å². The number of nitrogens with zero attached hydrogens (tertiary/aromatic N) is 1. The van der Waals surface area contributed by atoms with Gasteiger partial charge in [0.05, 0.1) is 34.5 Å². The molecule has 2 aliphatic rings. The molecule has 0 bridgehead atoms. The highest BCUT2D eigenvalue weighted by molar-refractivity contribution is 7.89. The van der Waals surface area contributed by atoms with Gasteiger partial charge in [-0.2, -0.15) is 0 Å². The van der Waals surface area contributed by atoms with Crippen LogP contribution in [0.5, 0.6) is 17.2 Å². The molecule has 0 spiro atoms. The molecule has 2 N–H and O–H groups in total. The van der Waals surface area contributed by atoms with Crippen LogP contribution < -0.4 is 19.1 Å². The van der Waals surface area contributed by atoms with Gasteiger partial charge < -0.3 is 19.5 Å². The third-order valence-corrected chi connectivity index (χ3v) is 7.86. The SMILES string of the molecule is O=S(=O)(N[C@@H]1CCCC(N2c3ccccc3Oc3ccc(F)cc32)[C@H]1O)c1ccc(OC(F)(F)F)cc1. The molecule has 12 heteroatoms. The third kappa shape index (κ3) is 5.22. The number of aliphatic hydroxyl groups is 1. The molecule has 1 fully saturated rings. The Labute approximate surface area is 210 Å². The maximum absolute atomic E-state index is 14.2.